The molecule has 0 aliphatic heterocycles. The summed E-state index contributed by atoms with van der Waals surface area (Å²) in [5.41, 5.74) is 1.53. The minimum absolute atomic E-state index is 0.233. The van der Waals surface area contributed by atoms with E-state index >= 15 is 0 Å². The zero-order chi connectivity index (χ0) is 17.2. The van der Waals surface area contributed by atoms with E-state index in [1.54, 1.807) is 30.6 Å². The molecule has 1 aromatic heterocycles. The Bertz CT molecular complexity index is 773. The Kier molecular flexibility index (Phi) is 4.53. The van der Waals surface area contributed by atoms with Crippen LogP contribution in [0.1, 0.15) is 24.0 Å². The summed E-state index contributed by atoms with van der Waals surface area (Å²) >= 11 is 5.92. The lowest BCUT2D eigenvalue weighted by Gasteiger charge is -2.16. The van der Waals surface area contributed by atoms with Gasteiger partial charge < -0.3 is 10.6 Å². The van der Waals surface area contributed by atoms with Crippen molar-refractivity contribution < 1.29 is 9.59 Å². The number of hydrogen-bond donors (Lipinski definition) is 2. The average molecular weight is 344 g/mol. The topological polar surface area (TPSA) is 71.1 Å². The van der Waals surface area contributed by atoms with Crippen LogP contribution >= 0.6 is 11.6 Å². The van der Waals surface area contributed by atoms with Gasteiger partial charge in [0.1, 0.15) is 5.41 Å². The summed E-state index contributed by atoms with van der Waals surface area (Å²) in [6.07, 6.45) is 4.47. The summed E-state index contributed by atoms with van der Waals surface area (Å²) in [5, 5.41) is 6.31. The Labute approximate surface area is 145 Å². The van der Waals surface area contributed by atoms with E-state index in [1.165, 1.54) is 0 Å². The molecule has 3 rings (SSSR count). The highest BCUT2D eigenvalue weighted by molar-refractivity contribution is 6.30. The molecule has 24 heavy (non-hydrogen) atoms. The minimum atomic E-state index is -0.959. The lowest BCUT2D eigenvalue weighted by molar-refractivity contribution is -0.134. The third-order valence-electron chi connectivity index (χ3n) is 4.26. The van der Waals surface area contributed by atoms with Gasteiger partial charge in [0.2, 0.25) is 11.8 Å². The van der Waals surface area contributed by atoms with Gasteiger partial charge in [-0.3, -0.25) is 14.6 Å². The maximum atomic E-state index is 12.6. The highest BCUT2D eigenvalue weighted by Crippen LogP contribution is 2.47. The second kappa shape index (κ2) is 6.61. The Hall–Kier alpha value is -2.40. The number of halogens is 1. The molecule has 1 fully saturated rings. The number of nitrogens with one attached hydrogen (secondary N) is 2. The Balaban J connectivity index is 1.64. The number of carbonyl (C=O) groups is 2. The van der Waals surface area contributed by atoms with E-state index in [2.05, 4.69) is 15.6 Å². The molecule has 1 aliphatic rings. The number of aryl methyl sites for hydroxylation is 1. The second-order valence-corrected chi connectivity index (χ2v) is 6.47. The first-order valence-corrected chi connectivity index (χ1v) is 8.14. The van der Waals surface area contributed by atoms with Crippen molar-refractivity contribution in [2.45, 2.75) is 26.3 Å². The van der Waals surface area contributed by atoms with Crippen LogP contribution in [0.2, 0.25) is 5.02 Å². The van der Waals surface area contributed by atoms with Crippen LogP contribution in [0.3, 0.4) is 0 Å². The predicted octanol–water partition coefficient (Wildman–Crippen LogP) is 3.08. The number of hydrogen-bond acceptors (Lipinski definition) is 3. The summed E-state index contributed by atoms with van der Waals surface area (Å²) < 4.78 is 0. The molecule has 6 heteroatoms. The summed E-state index contributed by atoms with van der Waals surface area (Å²) in [7, 11) is 0. The van der Waals surface area contributed by atoms with Crippen LogP contribution in [-0.2, 0) is 16.1 Å². The van der Waals surface area contributed by atoms with Crippen LogP contribution < -0.4 is 10.6 Å². The lowest BCUT2D eigenvalue weighted by atomic mass is 10.0. The first-order chi connectivity index (χ1) is 11.5. The van der Waals surface area contributed by atoms with Crippen LogP contribution in [0, 0.1) is 12.3 Å². The van der Waals surface area contributed by atoms with Gasteiger partial charge in [0.25, 0.3) is 0 Å². The SMILES string of the molecule is Cc1cc(Cl)ccc1NC(=O)C1(C(=O)NCc2ccncc2)CC1. The molecular weight excluding hydrogens is 326 g/mol. The maximum Gasteiger partial charge on any atom is 0.240 e. The summed E-state index contributed by atoms with van der Waals surface area (Å²) in [6, 6.07) is 8.90. The normalized spacial score (nSPS) is 14.8. The molecular formula is C18H18ClN3O2. The molecule has 0 unspecified atom stereocenters. The Morgan fingerprint density at radius 3 is 2.50 bits per heavy atom. The summed E-state index contributed by atoms with van der Waals surface area (Å²) in [5.74, 6) is -0.497. The third-order valence-corrected chi connectivity index (χ3v) is 4.49. The van der Waals surface area contributed by atoms with Gasteiger partial charge in [0.05, 0.1) is 0 Å². The molecule has 2 N–H and O–H groups in total. The van der Waals surface area contributed by atoms with Crippen LogP contribution in [0.15, 0.2) is 42.7 Å². The summed E-state index contributed by atoms with van der Waals surface area (Å²) in [6.45, 7) is 2.25. The van der Waals surface area contributed by atoms with Crippen molar-refractivity contribution in [2.24, 2.45) is 5.41 Å². The van der Waals surface area contributed by atoms with E-state index < -0.39 is 5.41 Å². The molecule has 0 bridgehead atoms. The van der Waals surface area contributed by atoms with E-state index in [4.69, 9.17) is 11.6 Å². The van der Waals surface area contributed by atoms with Crippen molar-refractivity contribution in [1.82, 2.24) is 10.3 Å². The molecule has 1 heterocycles. The fraction of sp³-hybridized carbons (Fsp3) is 0.278. The van der Waals surface area contributed by atoms with Gasteiger partial charge >= 0.3 is 0 Å². The number of benzene rings is 1. The van der Waals surface area contributed by atoms with E-state index in [0.717, 1.165) is 11.1 Å². The predicted molar refractivity (Wildman–Crippen MR) is 92.6 cm³/mol. The molecule has 0 atom stereocenters. The van der Waals surface area contributed by atoms with Gasteiger partial charge in [0.15, 0.2) is 0 Å². The quantitative estimate of drug-likeness (QED) is 0.819. The molecule has 5 nitrogen and oxygen atoms in total. The molecule has 0 saturated heterocycles. The number of pyridine rings is 1. The van der Waals surface area contributed by atoms with Gasteiger partial charge in [0, 0.05) is 29.6 Å². The standard InChI is InChI=1S/C18H18ClN3O2/c1-12-10-14(19)2-3-15(12)22-17(24)18(6-7-18)16(23)21-11-13-4-8-20-9-5-13/h2-5,8-10H,6-7,11H2,1H3,(H,21,23)(H,22,24). The van der Waals surface area contributed by atoms with E-state index in [0.29, 0.717) is 30.1 Å². The van der Waals surface area contributed by atoms with Gasteiger partial charge in [-0.1, -0.05) is 11.6 Å². The zero-order valence-electron chi connectivity index (χ0n) is 13.3. The van der Waals surface area contributed by atoms with Gasteiger partial charge in [-0.15, -0.1) is 0 Å². The van der Waals surface area contributed by atoms with Crippen molar-refractivity contribution in [1.29, 1.82) is 0 Å². The van der Waals surface area contributed by atoms with Crippen molar-refractivity contribution in [3.05, 3.63) is 58.9 Å². The van der Waals surface area contributed by atoms with Crippen molar-refractivity contribution in [2.75, 3.05) is 5.32 Å². The molecule has 1 saturated carbocycles. The number of aromatic nitrogens is 1. The molecule has 2 amide bonds. The van der Waals surface area contributed by atoms with Crippen LogP contribution in [0.4, 0.5) is 5.69 Å². The van der Waals surface area contributed by atoms with E-state index in [-0.39, 0.29) is 11.8 Å². The fourth-order valence-electron chi connectivity index (χ4n) is 2.54. The third kappa shape index (κ3) is 3.41. The van der Waals surface area contributed by atoms with Gasteiger partial charge in [-0.25, -0.2) is 0 Å². The maximum absolute atomic E-state index is 12.6. The fourth-order valence-corrected chi connectivity index (χ4v) is 2.77. The average Bonchev–Trinajstić information content (AvgIpc) is 3.38. The monoisotopic (exact) mass is 343 g/mol. The highest BCUT2D eigenvalue weighted by Gasteiger charge is 2.56. The number of nitrogens with zero attached hydrogens (tertiary/aromatic N) is 1. The van der Waals surface area contributed by atoms with Crippen LogP contribution in [0.5, 0.6) is 0 Å². The van der Waals surface area contributed by atoms with E-state index in [9.17, 15) is 9.59 Å². The largest absolute Gasteiger partial charge is 0.351 e. The molecule has 1 aliphatic carbocycles. The molecule has 1 aromatic carbocycles. The van der Waals surface area contributed by atoms with E-state index in [1.807, 2.05) is 19.1 Å². The van der Waals surface area contributed by atoms with Gasteiger partial charge in [-0.2, -0.15) is 0 Å². The second-order valence-electron chi connectivity index (χ2n) is 6.03. The highest BCUT2D eigenvalue weighted by atomic mass is 35.5. The minimum Gasteiger partial charge on any atom is -0.351 e. The van der Waals surface area contributed by atoms with Crippen molar-refractivity contribution in [3.8, 4) is 0 Å². The van der Waals surface area contributed by atoms with Gasteiger partial charge in [-0.05, 0) is 61.2 Å². The first-order valence-electron chi connectivity index (χ1n) is 7.76. The molecule has 0 radical (unpaired) electrons. The lowest BCUT2D eigenvalue weighted by Crippen LogP contribution is -2.39. The molecule has 124 valence electrons. The van der Waals surface area contributed by atoms with Crippen molar-refractivity contribution in [3.63, 3.8) is 0 Å². The number of amides is 2. The number of rotatable bonds is 5. The summed E-state index contributed by atoms with van der Waals surface area (Å²) in [4.78, 5) is 29.0. The zero-order valence-corrected chi connectivity index (χ0v) is 14.1. The molecule has 0 spiro atoms. The first kappa shape index (κ1) is 16.5. The van der Waals surface area contributed by atoms with Crippen LogP contribution in [0.25, 0.3) is 0 Å². The Morgan fingerprint density at radius 2 is 1.88 bits per heavy atom. The number of carbonyl (C=O) groups excluding carboxylic acids is 2. The van der Waals surface area contributed by atoms with Crippen LogP contribution in [-0.4, -0.2) is 16.8 Å². The molecule has 2 aromatic rings. The number of anilines is 1. The smallest absolute Gasteiger partial charge is 0.240 e. The Morgan fingerprint density at radius 1 is 1.17 bits per heavy atom. The van der Waals surface area contributed by atoms with Crippen molar-refractivity contribution >= 4 is 29.1 Å².